The van der Waals surface area contributed by atoms with Crippen molar-refractivity contribution in [2.45, 2.75) is 39.0 Å². The number of amides is 1. The predicted molar refractivity (Wildman–Crippen MR) is 72.8 cm³/mol. The number of aromatic nitrogens is 1. The smallest absolute Gasteiger partial charge is 0.413 e. The minimum Gasteiger partial charge on any atom is -0.444 e. The van der Waals surface area contributed by atoms with Crippen molar-refractivity contribution in [3.05, 3.63) is 36.5 Å². The molecule has 4 nitrogen and oxygen atoms in total. The average molecular weight is 266 g/mol. The first kappa shape index (κ1) is 15.1. The number of carbonyl (C=O) groups is 1. The van der Waals surface area contributed by atoms with E-state index in [4.69, 9.17) is 4.74 Å². The number of allylic oxidation sites excluding steroid dienone is 1. The van der Waals surface area contributed by atoms with E-state index in [9.17, 15) is 9.18 Å². The third-order valence-corrected chi connectivity index (χ3v) is 2.15. The molecule has 5 heteroatoms. The molecule has 0 bridgehead atoms. The molecule has 1 rings (SSSR count). The molecule has 1 atom stereocenters. The number of ether oxygens (including phenoxy) is 1. The van der Waals surface area contributed by atoms with Crippen LogP contribution in [0.25, 0.3) is 0 Å². The Hall–Kier alpha value is -1.91. The highest BCUT2D eigenvalue weighted by Crippen LogP contribution is 2.23. The minimum absolute atomic E-state index is 0.218. The van der Waals surface area contributed by atoms with E-state index in [1.54, 1.807) is 26.8 Å². The number of rotatable bonds is 4. The number of alkyl halides is 1. The van der Waals surface area contributed by atoms with Gasteiger partial charge in [-0.1, -0.05) is 6.08 Å². The normalized spacial score (nSPS) is 12.6. The second-order valence-corrected chi connectivity index (χ2v) is 5.09. The molecular weight excluding hydrogens is 247 g/mol. The molecule has 1 N–H and O–H groups in total. The van der Waals surface area contributed by atoms with Gasteiger partial charge in [0.25, 0.3) is 0 Å². The Kier molecular flexibility index (Phi) is 5.03. The lowest BCUT2D eigenvalue weighted by molar-refractivity contribution is 0.0635. The lowest BCUT2D eigenvalue weighted by Crippen LogP contribution is -2.27. The van der Waals surface area contributed by atoms with E-state index in [1.807, 2.05) is 0 Å². The Morgan fingerprint density at radius 3 is 2.89 bits per heavy atom. The SMILES string of the molecule is C=CCC(F)c1ccnc(NC(=O)OC(C)(C)C)c1. The Morgan fingerprint density at radius 1 is 1.63 bits per heavy atom. The van der Waals surface area contributed by atoms with Crippen LogP contribution in [-0.4, -0.2) is 16.7 Å². The molecule has 0 aromatic carbocycles. The Labute approximate surface area is 112 Å². The van der Waals surface area contributed by atoms with Crippen LogP contribution >= 0.6 is 0 Å². The van der Waals surface area contributed by atoms with Gasteiger partial charge in [0.1, 0.15) is 17.6 Å². The summed E-state index contributed by atoms with van der Waals surface area (Å²) in [4.78, 5) is 15.5. The summed E-state index contributed by atoms with van der Waals surface area (Å²) in [5.74, 6) is 0.262. The zero-order chi connectivity index (χ0) is 14.5. The summed E-state index contributed by atoms with van der Waals surface area (Å²) >= 11 is 0. The number of hydrogen-bond acceptors (Lipinski definition) is 3. The number of hydrogen-bond donors (Lipinski definition) is 1. The molecule has 0 radical (unpaired) electrons. The number of nitrogens with one attached hydrogen (secondary N) is 1. The Morgan fingerprint density at radius 2 is 2.32 bits per heavy atom. The maximum atomic E-state index is 13.7. The third kappa shape index (κ3) is 5.50. The van der Waals surface area contributed by atoms with Crippen molar-refractivity contribution < 1.29 is 13.9 Å². The number of halogens is 1. The van der Waals surface area contributed by atoms with Gasteiger partial charge in [-0.2, -0.15) is 0 Å². The zero-order valence-corrected chi connectivity index (χ0v) is 11.4. The number of carbonyl (C=O) groups excluding carboxylic acids is 1. The fourth-order valence-electron chi connectivity index (χ4n) is 1.40. The van der Waals surface area contributed by atoms with Gasteiger partial charge in [-0.05, 0) is 38.5 Å². The summed E-state index contributed by atoms with van der Waals surface area (Å²) in [7, 11) is 0. The molecule has 1 amide bonds. The average Bonchev–Trinajstić information content (AvgIpc) is 2.27. The van der Waals surface area contributed by atoms with E-state index in [0.717, 1.165) is 0 Å². The van der Waals surface area contributed by atoms with Gasteiger partial charge in [0.2, 0.25) is 0 Å². The lowest BCUT2D eigenvalue weighted by Gasteiger charge is -2.19. The topological polar surface area (TPSA) is 51.2 Å². The van der Waals surface area contributed by atoms with E-state index >= 15 is 0 Å². The Bertz CT molecular complexity index is 455. The Balaban J connectivity index is 2.72. The molecule has 0 aliphatic rings. The van der Waals surface area contributed by atoms with Gasteiger partial charge in [-0.15, -0.1) is 6.58 Å². The molecule has 0 aliphatic heterocycles. The van der Waals surface area contributed by atoms with E-state index in [-0.39, 0.29) is 12.2 Å². The van der Waals surface area contributed by atoms with E-state index in [1.165, 1.54) is 18.3 Å². The van der Waals surface area contributed by atoms with Crippen molar-refractivity contribution in [2.24, 2.45) is 0 Å². The van der Waals surface area contributed by atoms with E-state index in [0.29, 0.717) is 5.56 Å². The maximum Gasteiger partial charge on any atom is 0.413 e. The van der Waals surface area contributed by atoms with Crippen LogP contribution in [0.2, 0.25) is 0 Å². The van der Waals surface area contributed by atoms with Crippen LogP contribution in [0.4, 0.5) is 15.0 Å². The van der Waals surface area contributed by atoms with Crippen molar-refractivity contribution >= 4 is 11.9 Å². The van der Waals surface area contributed by atoms with Gasteiger partial charge >= 0.3 is 6.09 Å². The zero-order valence-electron chi connectivity index (χ0n) is 11.4. The summed E-state index contributed by atoms with van der Waals surface area (Å²) in [6.45, 7) is 8.78. The van der Waals surface area contributed by atoms with Gasteiger partial charge in [-0.25, -0.2) is 14.2 Å². The first-order valence-corrected chi connectivity index (χ1v) is 6.03. The summed E-state index contributed by atoms with van der Waals surface area (Å²) in [5.41, 5.74) is -0.145. The first-order valence-electron chi connectivity index (χ1n) is 6.03. The third-order valence-electron chi connectivity index (χ3n) is 2.15. The van der Waals surface area contributed by atoms with Crippen LogP contribution in [-0.2, 0) is 4.74 Å². The van der Waals surface area contributed by atoms with Gasteiger partial charge < -0.3 is 4.74 Å². The van der Waals surface area contributed by atoms with Gasteiger partial charge in [0.05, 0.1) is 0 Å². The predicted octanol–water partition coefficient (Wildman–Crippen LogP) is 4.02. The number of nitrogens with zero attached hydrogens (tertiary/aromatic N) is 1. The van der Waals surface area contributed by atoms with Crippen molar-refractivity contribution in [2.75, 3.05) is 5.32 Å². The van der Waals surface area contributed by atoms with Crippen molar-refractivity contribution in [1.29, 1.82) is 0 Å². The van der Waals surface area contributed by atoms with Gasteiger partial charge in [0.15, 0.2) is 0 Å². The fraction of sp³-hybridized carbons (Fsp3) is 0.429. The second-order valence-electron chi connectivity index (χ2n) is 5.09. The summed E-state index contributed by atoms with van der Waals surface area (Å²) in [6, 6.07) is 3.05. The molecule has 0 saturated carbocycles. The molecule has 1 aromatic rings. The fourth-order valence-corrected chi connectivity index (χ4v) is 1.40. The minimum atomic E-state index is -1.15. The molecular formula is C14H19FN2O2. The van der Waals surface area contributed by atoms with Crippen LogP contribution in [0.15, 0.2) is 31.0 Å². The van der Waals surface area contributed by atoms with Crippen molar-refractivity contribution in [1.82, 2.24) is 4.98 Å². The van der Waals surface area contributed by atoms with Crippen LogP contribution in [0.1, 0.15) is 38.9 Å². The summed E-state index contributed by atoms with van der Waals surface area (Å²) in [5, 5.41) is 2.47. The molecule has 104 valence electrons. The second kappa shape index (κ2) is 6.31. The largest absolute Gasteiger partial charge is 0.444 e. The molecule has 0 aliphatic carbocycles. The number of pyridine rings is 1. The van der Waals surface area contributed by atoms with Crippen LogP contribution < -0.4 is 5.32 Å². The molecule has 0 spiro atoms. The molecule has 0 fully saturated rings. The highest BCUT2D eigenvalue weighted by atomic mass is 19.1. The molecule has 1 unspecified atom stereocenters. The van der Waals surface area contributed by atoms with Crippen molar-refractivity contribution in [3.63, 3.8) is 0 Å². The summed E-state index contributed by atoms with van der Waals surface area (Å²) in [6.07, 6.45) is 1.40. The maximum absolute atomic E-state index is 13.7. The van der Waals surface area contributed by atoms with E-state index in [2.05, 4.69) is 16.9 Å². The molecule has 1 aromatic heterocycles. The van der Waals surface area contributed by atoms with Crippen molar-refractivity contribution in [3.8, 4) is 0 Å². The quantitative estimate of drug-likeness (QED) is 0.837. The first-order chi connectivity index (χ1) is 8.81. The standard InChI is InChI=1S/C14H19FN2O2/c1-5-6-11(15)10-7-8-16-12(9-10)17-13(18)19-14(2,3)4/h5,7-9,11H,1,6H2,2-4H3,(H,16,17,18). The summed E-state index contributed by atoms with van der Waals surface area (Å²) < 4.78 is 18.8. The van der Waals surface area contributed by atoms with Crippen LogP contribution in [0.3, 0.4) is 0 Å². The van der Waals surface area contributed by atoms with E-state index < -0.39 is 17.9 Å². The lowest BCUT2D eigenvalue weighted by atomic mass is 10.1. The molecule has 19 heavy (non-hydrogen) atoms. The van der Waals surface area contributed by atoms with Gasteiger partial charge in [-0.3, -0.25) is 5.32 Å². The van der Waals surface area contributed by atoms with Crippen LogP contribution in [0, 0.1) is 0 Å². The van der Waals surface area contributed by atoms with Gasteiger partial charge in [0, 0.05) is 12.6 Å². The molecule has 0 saturated heterocycles. The highest BCUT2D eigenvalue weighted by Gasteiger charge is 2.17. The van der Waals surface area contributed by atoms with Crippen LogP contribution in [0.5, 0.6) is 0 Å². The monoisotopic (exact) mass is 266 g/mol. The number of anilines is 1. The molecule has 1 heterocycles. The highest BCUT2D eigenvalue weighted by molar-refractivity contribution is 5.83.